The molecule has 1 aliphatic rings. The molecular formula is C13H18O7. The molecule has 0 amide bonds. The fourth-order valence-electron chi connectivity index (χ4n) is 1.54. The first kappa shape index (κ1) is 16.4. The lowest BCUT2D eigenvalue weighted by molar-refractivity contribution is -0.146. The lowest BCUT2D eigenvalue weighted by Gasteiger charge is -2.11. The van der Waals surface area contributed by atoms with Crippen LogP contribution >= 0.6 is 0 Å². The van der Waals surface area contributed by atoms with Gasteiger partial charge < -0.3 is 24.8 Å². The second kappa shape index (κ2) is 7.78. The Bertz CT molecular complexity index is 402. The molecule has 0 aliphatic carbocycles. The Hall–Kier alpha value is -1.70. The summed E-state index contributed by atoms with van der Waals surface area (Å²) in [6.45, 7) is 1.52. The van der Waals surface area contributed by atoms with E-state index in [-0.39, 0.29) is 13.2 Å². The zero-order valence-electron chi connectivity index (χ0n) is 11.0. The number of ether oxygens (including phenoxy) is 2. The summed E-state index contributed by atoms with van der Waals surface area (Å²) in [6, 6.07) is 0. The van der Waals surface area contributed by atoms with Crippen molar-refractivity contribution < 1.29 is 34.4 Å². The highest BCUT2D eigenvalue weighted by atomic mass is 16.6. The number of aliphatic hydroxyl groups excluding tert-OH is 3. The molecule has 1 heterocycles. The van der Waals surface area contributed by atoms with Crippen LogP contribution in [0.1, 0.15) is 6.92 Å². The average Bonchev–Trinajstić information content (AvgIpc) is 2.74. The summed E-state index contributed by atoms with van der Waals surface area (Å²) in [6.07, 6.45) is 1.40. The molecule has 1 aliphatic heterocycles. The van der Waals surface area contributed by atoms with Crippen molar-refractivity contribution in [3.05, 3.63) is 24.3 Å². The van der Waals surface area contributed by atoms with Crippen LogP contribution < -0.4 is 0 Å². The summed E-state index contributed by atoms with van der Waals surface area (Å²) in [4.78, 5) is 22.2. The van der Waals surface area contributed by atoms with Gasteiger partial charge in [0.15, 0.2) is 6.10 Å². The van der Waals surface area contributed by atoms with Crippen molar-refractivity contribution in [1.82, 2.24) is 0 Å². The average molecular weight is 286 g/mol. The first-order chi connectivity index (χ1) is 9.45. The molecule has 3 N–H and O–H groups in total. The van der Waals surface area contributed by atoms with Gasteiger partial charge in [-0.3, -0.25) is 0 Å². The standard InChI is InChI=1S/C13H18O7/c1-2-3-9(14)10(15)4-5-11(16)19-6-8-7-20-13(18)12(8)17/h2-5,8-10,12,14-15,17H,6-7H2,1H3/b3-2+,5-4+/t8-,9+,10-,12+/m1/s1. The van der Waals surface area contributed by atoms with Gasteiger partial charge in [-0.2, -0.15) is 0 Å². The van der Waals surface area contributed by atoms with E-state index in [0.717, 1.165) is 12.2 Å². The molecule has 112 valence electrons. The van der Waals surface area contributed by atoms with E-state index in [9.17, 15) is 24.9 Å². The molecular weight excluding hydrogens is 268 g/mol. The Morgan fingerprint density at radius 2 is 2.10 bits per heavy atom. The topological polar surface area (TPSA) is 113 Å². The Morgan fingerprint density at radius 3 is 2.65 bits per heavy atom. The Balaban J connectivity index is 2.35. The molecule has 1 fully saturated rings. The molecule has 0 aromatic carbocycles. The molecule has 0 aromatic rings. The van der Waals surface area contributed by atoms with Crippen LogP contribution in [0.25, 0.3) is 0 Å². The fraction of sp³-hybridized carbons (Fsp3) is 0.538. The largest absolute Gasteiger partial charge is 0.463 e. The van der Waals surface area contributed by atoms with E-state index in [1.165, 1.54) is 6.08 Å². The highest BCUT2D eigenvalue weighted by Crippen LogP contribution is 2.15. The summed E-state index contributed by atoms with van der Waals surface area (Å²) >= 11 is 0. The summed E-state index contributed by atoms with van der Waals surface area (Å²) in [7, 11) is 0. The van der Waals surface area contributed by atoms with Crippen LogP contribution in [0.3, 0.4) is 0 Å². The maximum absolute atomic E-state index is 11.3. The molecule has 0 unspecified atom stereocenters. The van der Waals surface area contributed by atoms with Gasteiger partial charge in [0.1, 0.15) is 25.4 Å². The minimum Gasteiger partial charge on any atom is -0.463 e. The summed E-state index contributed by atoms with van der Waals surface area (Å²) in [5, 5.41) is 28.2. The van der Waals surface area contributed by atoms with Crippen molar-refractivity contribution in [2.24, 2.45) is 5.92 Å². The summed E-state index contributed by atoms with van der Waals surface area (Å²) in [5.74, 6) is -2.06. The molecule has 4 atom stereocenters. The second-order valence-corrected chi connectivity index (χ2v) is 4.33. The Kier molecular flexibility index (Phi) is 6.37. The molecule has 0 saturated carbocycles. The predicted molar refractivity (Wildman–Crippen MR) is 67.4 cm³/mol. The van der Waals surface area contributed by atoms with E-state index in [1.807, 2.05) is 0 Å². The third kappa shape index (κ3) is 4.76. The SMILES string of the molecule is C/C=C/[C@H](O)[C@H](O)/C=C/C(=O)OC[C@@H]1COC(=O)[C@H]1O. The van der Waals surface area contributed by atoms with Crippen molar-refractivity contribution in [2.75, 3.05) is 13.2 Å². The highest BCUT2D eigenvalue weighted by Gasteiger charge is 2.35. The van der Waals surface area contributed by atoms with Gasteiger partial charge in [-0.15, -0.1) is 0 Å². The van der Waals surface area contributed by atoms with Gasteiger partial charge in [0.05, 0.1) is 5.92 Å². The normalized spacial score (nSPS) is 25.9. The maximum Gasteiger partial charge on any atom is 0.335 e. The van der Waals surface area contributed by atoms with Crippen molar-refractivity contribution in [1.29, 1.82) is 0 Å². The molecule has 0 aromatic heterocycles. The van der Waals surface area contributed by atoms with Gasteiger partial charge in [-0.1, -0.05) is 12.2 Å². The summed E-state index contributed by atoms with van der Waals surface area (Å²) < 4.78 is 9.39. The number of aliphatic hydroxyl groups is 3. The van der Waals surface area contributed by atoms with Crippen molar-refractivity contribution in [2.45, 2.75) is 25.2 Å². The number of rotatable bonds is 6. The third-order valence-corrected chi connectivity index (χ3v) is 2.74. The Labute approximate surface area is 116 Å². The number of carbonyl (C=O) groups excluding carboxylic acids is 2. The lowest BCUT2D eigenvalue weighted by atomic mass is 10.1. The maximum atomic E-state index is 11.3. The fourth-order valence-corrected chi connectivity index (χ4v) is 1.54. The number of allylic oxidation sites excluding steroid dienone is 1. The van der Waals surface area contributed by atoms with Crippen molar-refractivity contribution >= 4 is 11.9 Å². The zero-order valence-corrected chi connectivity index (χ0v) is 11.0. The van der Waals surface area contributed by atoms with Crippen LogP contribution in [0.4, 0.5) is 0 Å². The quantitative estimate of drug-likeness (QED) is 0.323. The van der Waals surface area contributed by atoms with Gasteiger partial charge in [0.25, 0.3) is 0 Å². The van der Waals surface area contributed by atoms with E-state index in [2.05, 4.69) is 4.74 Å². The summed E-state index contributed by atoms with van der Waals surface area (Å²) in [5.41, 5.74) is 0. The molecule has 0 bridgehead atoms. The van der Waals surface area contributed by atoms with Crippen LogP contribution in [0, 0.1) is 5.92 Å². The number of cyclic esters (lactones) is 1. The number of hydrogen-bond acceptors (Lipinski definition) is 7. The van der Waals surface area contributed by atoms with E-state index >= 15 is 0 Å². The Morgan fingerprint density at radius 1 is 1.45 bits per heavy atom. The zero-order chi connectivity index (χ0) is 15.1. The molecule has 20 heavy (non-hydrogen) atoms. The molecule has 7 heteroatoms. The van der Waals surface area contributed by atoms with Crippen LogP contribution in [-0.4, -0.2) is 58.8 Å². The number of carbonyl (C=O) groups is 2. The minimum absolute atomic E-state index is 0.000369. The van der Waals surface area contributed by atoms with Crippen LogP contribution in [-0.2, 0) is 19.1 Å². The first-order valence-corrected chi connectivity index (χ1v) is 6.14. The minimum atomic E-state index is -1.28. The number of esters is 2. The smallest absolute Gasteiger partial charge is 0.335 e. The molecule has 1 rings (SSSR count). The number of hydrogen-bond donors (Lipinski definition) is 3. The van der Waals surface area contributed by atoms with Crippen molar-refractivity contribution in [3.8, 4) is 0 Å². The van der Waals surface area contributed by atoms with Crippen molar-refractivity contribution in [3.63, 3.8) is 0 Å². The van der Waals surface area contributed by atoms with Crippen LogP contribution in [0.5, 0.6) is 0 Å². The predicted octanol–water partition coefficient (Wildman–Crippen LogP) is -1.08. The van der Waals surface area contributed by atoms with E-state index in [4.69, 9.17) is 4.74 Å². The molecule has 0 spiro atoms. The molecule has 0 radical (unpaired) electrons. The van der Waals surface area contributed by atoms with Gasteiger partial charge in [0, 0.05) is 6.08 Å². The molecule has 7 nitrogen and oxygen atoms in total. The van der Waals surface area contributed by atoms with Crippen LogP contribution in [0.15, 0.2) is 24.3 Å². The highest BCUT2D eigenvalue weighted by molar-refractivity contribution is 5.82. The van der Waals surface area contributed by atoms with E-state index in [1.54, 1.807) is 13.0 Å². The first-order valence-electron chi connectivity index (χ1n) is 6.14. The van der Waals surface area contributed by atoms with Gasteiger partial charge in [0.2, 0.25) is 0 Å². The van der Waals surface area contributed by atoms with Gasteiger partial charge >= 0.3 is 11.9 Å². The monoisotopic (exact) mass is 286 g/mol. The lowest BCUT2D eigenvalue weighted by Crippen LogP contribution is -2.26. The van der Waals surface area contributed by atoms with Crippen LogP contribution in [0.2, 0.25) is 0 Å². The third-order valence-electron chi connectivity index (χ3n) is 2.74. The van der Waals surface area contributed by atoms with E-state index in [0.29, 0.717) is 0 Å². The van der Waals surface area contributed by atoms with Gasteiger partial charge in [-0.05, 0) is 13.0 Å². The van der Waals surface area contributed by atoms with E-state index < -0.39 is 36.2 Å². The van der Waals surface area contributed by atoms with Gasteiger partial charge in [-0.25, -0.2) is 9.59 Å². The second-order valence-electron chi connectivity index (χ2n) is 4.33. The molecule has 1 saturated heterocycles.